The summed E-state index contributed by atoms with van der Waals surface area (Å²) in [6.45, 7) is 4.11. The number of halogens is 3. The van der Waals surface area contributed by atoms with Crippen molar-refractivity contribution in [2.75, 3.05) is 45.2 Å². The summed E-state index contributed by atoms with van der Waals surface area (Å²) < 4.78 is 51.7. The first-order valence-electron chi connectivity index (χ1n) is 12.4. The van der Waals surface area contributed by atoms with E-state index in [9.17, 15) is 13.2 Å². The van der Waals surface area contributed by atoms with E-state index >= 15 is 0 Å². The third-order valence-corrected chi connectivity index (χ3v) is 7.44. The van der Waals surface area contributed by atoms with Gasteiger partial charge in [-0.25, -0.2) is 4.98 Å². The molecule has 6 rings (SSSR count). The van der Waals surface area contributed by atoms with Crippen molar-refractivity contribution in [1.29, 1.82) is 0 Å². The van der Waals surface area contributed by atoms with Crippen LogP contribution in [-0.2, 0) is 13.2 Å². The molecule has 4 heterocycles. The van der Waals surface area contributed by atoms with Crippen molar-refractivity contribution in [1.82, 2.24) is 24.6 Å². The zero-order valence-corrected chi connectivity index (χ0v) is 21.2. The SMILES string of the molecule is COc1ccc(-c2nc(-c3ccc(-c4nc(C(F)(F)F)cn4C)cc3)no2)c(N2CC3CN(C)CC3C2)c1. The van der Waals surface area contributed by atoms with Gasteiger partial charge >= 0.3 is 6.18 Å². The van der Waals surface area contributed by atoms with E-state index < -0.39 is 11.9 Å². The number of hydrogen-bond acceptors (Lipinski definition) is 7. The van der Waals surface area contributed by atoms with Crippen LogP contribution in [0.3, 0.4) is 0 Å². The summed E-state index contributed by atoms with van der Waals surface area (Å²) in [4.78, 5) is 13.2. The average molecular weight is 525 g/mol. The molecule has 2 aromatic heterocycles. The maximum absolute atomic E-state index is 13.1. The van der Waals surface area contributed by atoms with Crippen LogP contribution < -0.4 is 9.64 Å². The molecule has 0 N–H and O–H groups in total. The summed E-state index contributed by atoms with van der Waals surface area (Å²) >= 11 is 0. The number of benzene rings is 2. The maximum Gasteiger partial charge on any atom is 0.434 e. The van der Waals surface area contributed by atoms with Crippen LogP contribution in [0, 0.1) is 11.8 Å². The molecule has 8 nitrogen and oxygen atoms in total. The zero-order chi connectivity index (χ0) is 26.6. The van der Waals surface area contributed by atoms with E-state index in [2.05, 4.69) is 32.0 Å². The minimum atomic E-state index is -4.50. The van der Waals surface area contributed by atoms with Gasteiger partial charge in [0.2, 0.25) is 5.82 Å². The van der Waals surface area contributed by atoms with E-state index in [-0.39, 0.29) is 5.82 Å². The summed E-state index contributed by atoms with van der Waals surface area (Å²) in [6.07, 6.45) is -3.52. The van der Waals surface area contributed by atoms with Crippen molar-refractivity contribution in [3.8, 4) is 40.0 Å². The molecule has 0 spiro atoms. The lowest BCUT2D eigenvalue weighted by Crippen LogP contribution is -2.27. The topological polar surface area (TPSA) is 72.4 Å². The van der Waals surface area contributed by atoms with E-state index in [1.807, 2.05) is 18.2 Å². The van der Waals surface area contributed by atoms with Gasteiger partial charge in [-0.2, -0.15) is 18.2 Å². The highest BCUT2D eigenvalue weighted by Crippen LogP contribution is 2.40. The van der Waals surface area contributed by atoms with E-state index in [0.29, 0.717) is 34.7 Å². The van der Waals surface area contributed by atoms with Gasteiger partial charge in [-0.1, -0.05) is 29.4 Å². The number of alkyl halides is 3. The molecule has 4 aromatic rings. The van der Waals surface area contributed by atoms with E-state index in [0.717, 1.165) is 49.4 Å². The monoisotopic (exact) mass is 524 g/mol. The van der Waals surface area contributed by atoms with Gasteiger partial charge in [0.25, 0.3) is 5.89 Å². The molecule has 0 amide bonds. The Bertz CT molecular complexity index is 1450. The molecule has 2 aromatic carbocycles. The Morgan fingerprint density at radius 2 is 1.61 bits per heavy atom. The molecule has 2 atom stereocenters. The molecule has 38 heavy (non-hydrogen) atoms. The van der Waals surface area contributed by atoms with Crippen molar-refractivity contribution in [2.45, 2.75) is 6.18 Å². The van der Waals surface area contributed by atoms with Crippen LogP contribution >= 0.6 is 0 Å². The van der Waals surface area contributed by atoms with Gasteiger partial charge in [-0.3, -0.25) is 0 Å². The molecule has 0 saturated carbocycles. The highest BCUT2D eigenvalue weighted by molar-refractivity contribution is 5.76. The van der Waals surface area contributed by atoms with Gasteiger partial charge in [-0.05, 0) is 31.0 Å². The standard InChI is InChI=1S/C27H27F3N6O2/c1-34-11-18-13-36(14-19(18)12-34)22-10-20(37-3)8-9-21(22)26-32-24(33-38-26)16-4-6-17(7-5-16)25-31-23(15-35(25)2)27(28,29)30/h4-10,15,18-19H,11-14H2,1-3H3. The Hall–Kier alpha value is -3.86. The van der Waals surface area contributed by atoms with E-state index in [1.165, 1.54) is 11.6 Å². The lowest BCUT2D eigenvalue weighted by molar-refractivity contribution is -0.140. The fourth-order valence-electron chi connectivity index (χ4n) is 5.59. The van der Waals surface area contributed by atoms with Crippen molar-refractivity contribution in [3.05, 3.63) is 54.4 Å². The number of aryl methyl sites for hydroxylation is 1. The van der Waals surface area contributed by atoms with Gasteiger partial charge in [0.05, 0.1) is 18.4 Å². The van der Waals surface area contributed by atoms with Crippen LogP contribution in [0.2, 0.25) is 0 Å². The molecule has 2 aliphatic rings. The van der Waals surface area contributed by atoms with Gasteiger partial charge < -0.3 is 23.6 Å². The van der Waals surface area contributed by atoms with Crippen LogP contribution in [0.15, 0.2) is 53.2 Å². The molecule has 2 unspecified atom stereocenters. The Balaban J connectivity index is 1.27. The van der Waals surface area contributed by atoms with Gasteiger partial charge in [0, 0.05) is 56.6 Å². The molecular formula is C27H27F3N6O2. The fourth-order valence-corrected chi connectivity index (χ4v) is 5.59. The zero-order valence-electron chi connectivity index (χ0n) is 21.2. The lowest BCUT2D eigenvalue weighted by atomic mass is 10.0. The van der Waals surface area contributed by atoms with E-state index in [4.69, 9.17) is 9.26 Å². The number of fused-ring (bicyclic) bond motifs is 1. The number of anilines is 1. The number of nitrogens with zero attached hydrogens (tertiary/aromatic N) is 6. The molecule has 2 aliphatic heterocycles. The van der Waals surface area contributed by atoms with Crippen LogP contribution in [0.4, 0.5) is 18.9 Å². The number of imidazole rings is 1. The highest BCUT2D eigenvalue weighted by atomic mass is 19.4. The third kappa shape index (κ3) is 4.40. The quantitative estimate of drug-likeness (QED) is 0.370. The highest BCUT2D eigenvalue weighted by Gasteiger charge is 2.39. The summed E-state index contributed by atoms with van der Waals surface area (Å²) in [6, 6.07) is 12.7. The van der Waals surface area contributed by atoms with Crippen molar-refractivity contribution in [2.24, 2.45) is 18.9 Å². The summed E-state index contributed by atoms with van der Waals surface area (Å²) in [5.74, 6) is 3.03. The number of rotatable bonds is 5. The second kappa shape index (κ2) is 9.16. The Labute approximate surface area is 217 Å². The van der Waals surface area contributed by atoms with Crippen molar-refractivity contribution < 1.29 is 22.4 Å². The second-order valence-corrected chi connectivity index (χ2v) is 10.1. The van der Waals surface area contributed by atoms with E-state index in [1.54, 1.807) is 31.4 Å². The Morgan fingerprint density at radius 3 is 2.24 bits per heavy atom. The largest absolute Gasteiger partial charge is 0.497 e. The van der Waals surface area contributed by atoms with Crippen LogP contribution in [0.5, 0.6) is 5.75 Å². The third-order valence-electron chi connectivity index (χ3n) is 7.44. The Kier molecular flexibility index (Phi) is 5.90. The smallest absolute Gasteiger partial charge is 0.434 e. The first-order valence-corrected chi connectivity index (χ1v) is 12.4. The minimum Gasteiger partial charge on any atom is -0.497 e. The molecular weight excluding hydrogens is 497 g/mol. The molecule has 0 bridgehead atoms. The molecule has 198 valence electrons. The number of aromatic nitrogens is 4. The predicted molar refractivity (Wildman–Crippen MR) is 136 cm³/mol. The minimum absolute atomic E-state index is 0.224. The van der Waals surface area contributed by atoms with Crippen molar-refractivity contribution in [3.63, 3.8) is 0 Å². The number of likely N-dealkylation sites (tertiary alicyclic amines) is 1. The van der Waals surface area contributed by atoms with Gasteiger partial charge in [0.1, 0.15) is 11.6 Å². The molecule has 2 fully saturated rings. The van der Waals surface area contributed by atoms with Crippen LogP contribution in [0.1, 0.15) is 5.69 Å². The first-order chi connectivity index (χ1) is 18.2. The van der Waals surface area contributed by atoms with Crippen LogP contribution in [0.25, 0.3) is 34.2 Å². The predicted octanol–water partition coefficient (Wildman–Crippen LogP) is 4.83. The summed E-state index contributed by atoms with van der Waals surface area (Å²) in [5.41, 5.74) is 2.15. The number of methoxy groups -OCH3 is 1. The average Bonchev–Trinajstić information content (AvgIpc) is 3.67. The molecule has 0 aliphatic carbocycles. The van der Waals surface area contributed by atoms with Crippen molar-refractivity contribution >= 4 is 5.69 Å². The maximum atomic E-state index is 13.1. The number of hydrogen-bond donors (Lipinski definition) is 0. The first kappa shape index (κ1) is 24.5. The fraction of sp³-hybridized carbons (Fsp3) is 0.370. The normalized spacial score (nSPS) is 19.8. The Morgan fingerprint density at radius 1 is 0.921 bits per heavy atom. The summed E-state index contributed by atoms with van der Waals surface area (Å²) in [7, 11) is 5.35. The molecule has 0 radical (unpaired) electrons. The molecule has 2 saturated heterocycles. The molecule has 11 heteroatoms. The lowest BCUT2D eigenvalue weighted by Gasteiger charge is -2.23. The summed E-state index contributed by atoms with van der Waals surface area (Å²) in [5, 5.41) is 4.18. The second-order valence-electron chi connectivity index (χ2n) is 10.1. The number of ether oxygens (including phenoxy) is 1. The van der Waals surface area contributed by atoms with Gasteiger partial charge in [0.15, 0.2) is 5.69 Å². The van der Waals surface area contributed by atoms with Gasteiger partial charge in [-0.15, -0.1) is 0 Å². The van der Waals surface area contributed by atoms with Crippen LogP contribution in [-0.4, -0.2) is 64.9 Å².